The van der Waals surface area contributed by atoms with E-state index < -0.39 is 6.10 Å². The number of rotatable bonds is 3. The highest BCUT2D eigenvalue weighted by Gasteiger charge is 2.58. The number of esters is 1. The Bertz CT molecular complexity index is 597. The minimum absolute atomic E-state index is 0.0271. The van der Waals surface area contributed by atoms with Gasteiger partial charge in [0.1, 0.15) is 11.9 Å². The van der Waals surface area contributed by atoms with Crippen molar-refractivity contribution in [3.63, 3.8) is 0 Å². The zero-order valence-corrected chi connectivity index (χ0v) is 15.7. The lowest BCUT2D eigenvalue weighted by Crippen LogP contribution is -2.43. The Balaban J connectivity index is 1.54. The van der Waals surface area contributed by atoms with Gasteiger partial charge >= 0.3 is 5.97 Å². The Morgan fingerprint density at radius 3 is 2.62 bits per heavy atom. The molecule has 0 aromatic heterocycles. The van der Waals surface area contributed by atoms with E-state index >= 15 is 0 Å². The number of aliphatic hydroxyl groups excluding tert-OH is 1. The first kappa shape index (κ1) is 18.2. The molecule has 2 N–H and O–H groups in total. The third-order valence-electron chi connectivity index (χ3n) is 7.42. The molecule has 26 heavy (non-hydrogen) atoms. The maximum absolute atomic E-state index is 12.6. The fourth-order valence-corrected chi connectivity index (χ4v) is 5.92. The Morgan fingerprint density at radius 2 is 1.88 bits per heavy atom. The van der Waals surface area contributed by atoms with E-state index in [0.29, 0.717) is 25.4 Å². The van der Waals surface area contributed by atoms with Crippen LogP contribution in [0.15, 0.2) is 12.2 Å². The molecule has 4 rings (SSSR count). The van der Waals surface area contributed by atoms with Crippen molar-refractivity contribution >= 4 is 11.8 Å². The number of carbonyl (C=O) groups is 2. The predicted octanol–water partition coefficient (Wildman–Crippen LogP) is 2.23. The van der Waals surface area contributed by atoms with Crippen LogP contribution in [0.3, 0.4) is 0 Å². The number of Topliss-reactive ketones (excluding diaryl/α,β-unsaturated/α-hetero) is 1. The van der Waals surface area contributed by atoms with Crippen LogP contribution in [0, 0.1) is 29.6 Å². The van der Waals surface area contributed by atoms with Gasteiger partial charge in [0.05, 0.1) is 12.0 Å². The number of fused-ring (bicyclic) bond motifs is 3. The number of nitrogens with one attached hydrogen (secondary N) is 1. The molecule has 0 radical (unpaired) electrons. The molecule has 0 aromatic carbocycles. The first-order chi connectivity index (χ1) is 12.5. The molecule has 1 saturated heterocycles. The molecule has 1 aliphatic heterocycles. The highest BCUT2D eigenvalue weighted by molar-refractivity contribution is 5.85. The van der Waals surface area contributed by atoms with Crippen molar-refractivity contribution in [3.8, 4) is 0 Å². The maximum Gasteiger partial charge on any atom is 0.311 e. The number of ketones is 1. The third-order valence-corrected chi connectivity index (χ3v) is 7.42. The molecule has 4 aliphatic rings. The normalized spacial score (nSPS) is 43.8. The first-order valence-electron chi connectivity index (χ1n) is 10.3. The molecule has 7 atom stereocenters. The number of carbonyl (C=O) groups excluding carboxylic acids is 2. The molecular formula is C21H31NO4. The van der Waals surface area contributed by atoms with Crippen LogP contribution in [-0.2, 0) is 14.3 Å². The van der Waals surface area contributed by atoms with Crippen LogP contribution in [0.2, 0.25) is 0 Å². The summed E-state index contributed by atoms with van der Waals surface area (Å²) in [4.78, 5) is 25.0. The summed E-state index contributed by atoms with van der Waals surface area (Å²) >= 11 is 0. The Kier molecular flexibility index (Phi) is 4.95. The molecule has 0 aromatic rings. The molecular weight excluding hydrogens is 330 g/mol. The largest absolute Gasteiger partial charge is 0.461 e. The second-order valence-electron chi connectivity index (χ2n) is 8.90. The monoisotopic (exact) mass is 361 g/mol. The lowest BCUT2D eigenvalue weighted by atomic mass is 9.77. The maximum atomic E-state index is 12.6. The summed E-state index contributed by atoms with van der Waals surface area (Å²) in [7, 11) is 0. The van der Waals surface area contributed by atoms with E-state index in [0.717, 1.165) is 18.4 Å². The highest BCUT2D eigenvalue weighted by atomic mass is 16.6. The van der Waals surface area contributed by atoms with Crippen molar-refractivity contribution in [2.24, 2.45) is 29.6 Å². The summed E-state index contributed by atoms with van der Waals surface area (Å²) in [5, 5.41) is 14.4. The van der Waals surface area contributed by atoms with Gasteiger partial charge in [-0.15, -0.1) is 0 Å². The second-order valence-corrected chi connectivity index (χ2v) is 8.90. The van der Waals surface area contributed by atoms with E-state index in [9.17, 15) is 14.7 Å². The first-order valence-corrected chi connectivity index (χ1v) is 10.3. The van der Waals surface area contributed by atoms with Crippen LogP contribution in [-0.4, -0.2) is 41.7 Å². The minimum atomic E-state index is -0.620. The van der Waals surface area contributed by atoms with Gasteiger partial charge in [-0.1, -0.05) is 38.3 Å². The topological polar surface area (TPSA) is 75.6 Å². The van der Waals surface area contributed by atoms with Gasteiger partial charge < -0.3 is 15.2 Å². The van der Waals surface area contributed by atoms with Crippen LogP contribution < -0.4 is 5.32 Å². The van der Waals surface area contributed by atoms with Gasteiger partial charge in [0.2, 0.25) is 0 Å². The molecule has 1 heterocycles. The van der Waals surface area contributed by atoms with E-state index in [1.54, 1.807) is 0 Å². The van der Waals surface area contributed by atoms with Crippen molar-refractivity contribution in [2.45, 2.75) is 70.1 Å². The summed E-state index contributed by atoms with van der Waals surface area (Å²) in [6.45, 7) is 6.66. The Hall–Kier alpha value is -1.20. The van der Waals surface area contributed by atoms with Crippen molar-refractivity contribution in [3.05, 3.63) is 12.2 Å². The molecule has 144 valence electrons. The molecule has 2 unspecified atom stereocenters. The van der Waals surface area contributed by atoms with Gasteiger partial charge in [0.25, 0.3) is 0 Å². The van der Waals surface area contributed by atoms with E-state index in [4.69, 9.17) is 4.74 Å². The van der Waals surface area contributed by atoms with Gasteiger partial charge in [0.15, 0.2) is 0 Å². The van der Waals surface area contributed by atoms with Gasteiger partial charge in [-0.3, -0.25) is 9.59 Å². The summed E-state index contributed by atoms with van der Waals surface area (Å²) in [5.41, 5.74) is 0.949. The zero-order valence-electron chi connectivity index (χ0n) is 15.7. The third kappa shape index (κ3) is 3.03. The quantitative estimate of drug-likeness (QED) is 0.595. The standard InChI is InChI=1S/C21H31NO4/c1-11-8-17(24)19-15(10-22-13-6-4-3-5-7-13)21(25)26-20(19)18-12(2)16(23)9-14(11)18/h12-15,17-20,22,24H,1,3-10H2,2H3/t12-,14+,15?,17+,18+,19?,20-/m1/s1. The van der Waals surface area contributed by atoms with Gasteiger partial charge in [0, 0.05) is 36.8 Å². The van der Waals surface area contributed by atoms with Crippen molar-refractivity contribution in [2.75, 3.05) is 6.54 Å². The molecule has 5 heteroatoms. The summed E-state index contributed by atoms with van der Waals surface area (Å²) < 4.78 is 5.82. The Morgan fingerprint density at radius 1 is 1.15 bits per heavy atom. The lowest BCUT2D eigenvalue weighted by Gasteiger charge is -2.30. The molecule has 0 bridgehead atoms. The Labute approximate surface area is 155 Å². The molecule has 0 amide bonds. The van der Waals surface area contributed by atoms with E-state index in [-0.39, 0.29) is 47.4 Å². The average Bonchev–Trinajstić information content (AvgIpc) is 3.07. The van der Waals surface area contributed by atoms with Gasteiger partial charge in [-0.05, 0) is 25.2 Å². The fraction of sp³-hybridized carbons (Fsp3) is 0.810. The van der Waals surface area contributed by atoms with Crippen LogP contribution in [0.5, 0.6) is 0 Å². The second kappa shape index (κ2) is 7.08. The SMILES string of the molecule is C=C1C[C@H](O)C2C(CNC3CCCCC3)C(=O)O[C@@H]2[C@H]2[C@H](C)C(=O)C[C@@H]12. The average molecular weight is 361 g/mol. The highest BCUT2D eigenvalue weighted by Crippen LogP contribution is 2.51. The zero-order chi connectivity index (χ0) is 18.4. The number of ether oxygens (including phenoxy) is 1. The number of aliphatic hydroxyl groups is 1. The number of hydrogen-bond donors (Lipinski definition) is 2. The van der Waals surface area contributed by atoms with Crippen molar-refractivity contribution in [1.82, 2.24) is 5.32 Å². The van der Waals surface area contributed by atoms with Crippen LogP contribution in [0.25, 0.3) is 0 Å². The lowest BCUT2D eigenvalue weighted by molar-refractivity contribution is -0.147. The van der Waals surface area contributed by atoms with Crippen LogP contribution in [0.4, 0.5) is 0 Å². The summed E-state index contributed by atoms with van der Waals surface area (Å²) in [6, 6.07) is 0.466. The fourth-order valence-electron chi connectivity index (χ4n) is 5.92. The smallest absolute Gasteiger partial charge is 0.311 e. The van der Waals surface area contributed by atoms with E-state index in [2.05, 4.69) is 11.9 Å². The molecule has 4 fully saturated rings. The molecule has 5 nitrogen and oxygen atoms in total. The van der Waals surface area contributed by atoms with Gasteiger partial charge in [-0.25, -0.2) is 0 Å². The molecule has 3 saturated carbocycles. The molecule has 3 aliphatic carbocycles. The van der Waals surface area contributed by atoms with Crippen LogP contribution >= 0.6 is 0 Å². The summed E-state index contributed by atoms with van der Waals surface area (Å²) in [6.07, 6.45) is 6.06. The van der Waals surface area contributed by atoms with Gasteiger partial charge in [-0.2, -0.15) is 0 Å². The van der Waals surface area contributed by atoms with E-state index in [1.807, 2.05) is 6.92 Å². The number of hydrogen-bond acceptors (Lipinski definition) is 5. The van der Waals surface area contributed by atoms with Crippen LogP contribution in [0.1, 0.15) is 51.9 Å². The summed E-state index contributed by atoms with van der Waals surface area (Å²) in [5.74, 6) is -0.658. The van der Waals surface area contributed by atoms with Crippen molar-refractivity contribution in [1.29, 1.82) is 0 Å². The molecule has 0 spiro atoms. The van der Waals surface area contributed by atoms with E-state index in [1.165, 1.54) is 19.3 Å². The predicted molar refractivity (Wildman–Crippen MR) is 97.3 cm³/mol. The van der Waals surface area contributed by atoms with Crippen molar-refractivity contribution < 1.29 is 19.4 Å². The minimum Gasteiger partial charge on any atom is -0.461 e.